The fourth-order valence-electron chi connectivity index (χ4n) is 2.97. The molecule has 0 amide bonds. The summed E-state index contributed by atoms with van der Waals surface area (Å²) in [6, 6.07) is 5.80. The lowest BCUT2D eigenvalue weighted by atomic mass is 10.0. The first-order valence-electron chi connectivity index (χ1n) is 11.7. The summed E-state index contributed by atoms with van der Waals surface area (Å²) in [4.78, 5) is 13.2. The van der Waals surface area contributed by atoms with Crippen LogP contribution in [0.3, 0.4) is 0 Å². The van der Waals surface area contributed by atoms with E-state index in [1.165, 1.54) is 0 Å². The number of benzene rings is 1. The molecule has 0 fully saturated rings. The monoisotopic (exact) mass is 471 g/mol. The first kappa shape index (κ1) is 28.4. The maximum Gasteiger partial charge on any atom is 0.306 e. The number of carbonyl (C=O) groups excluding carboxylic acids is 1. The van der Waals surface area contributed by atoms with Crippen LogP contribution < -0.4 is 0 Å². The number of allylic oxidation sites excluding steroid dienone is 6. The molecule has 0 spiro atoms. The number of carbonyl (C=O) groups is 1. The summed E-state index contributed by atoms with van der Waals surface area (Å²) < 4.78 is 5.53. The van der Waals surface area contributed by atoms with Crippen molar-refractivity contribution in [1.82, 2.24) is 15.0 Å². The highest BCUT2D eigenvalue weighted by Gasteiger charge is 2.16. The summed E-state index contributed by atoms with van der Waals surface area (Å²) in [5, 5.41) is 9.17. The Bertz CT molecular complexity index is 945. The van der Waals surface area contributed by atoms with E-state index in [9.17, 15) is 4.79 Å². The van der Waals surface area contributed by atoms with E-state index in [0.29, 0.717) is 6.42 Å². The van der Waals surface area contributed by atoms with Crippen molar-refractivity contribution < 1.29 is 9.53 Å². The van der Waals surface area contributed by atoms with E-state index < -0.39 is 0 Å². The van der Waals surface area contributed by atoms with Crippen LogP contribution in [0.15, 0.2) is 54.8 Å². The van der Waals surface area contributed by atoms with Crippen molar-refractivity contribution in [3.05, 3.63) is 76.6 Å². The third-order valence-corrected chi connectivity index (χ3v) is 5.07. The summed E-state index contributed by atoms with van der Waals surface area (Å²) >= 11 is 6.01. The lowest BCUT2D eigenvalue weighted by Gasteiger charge is -2.18. The van der Waals surface area contributed by atoms with E-state index in [1.807, 2.05) is 70.2 Å². The predicted molar refractivity (Wildman–Crippen MR) is 138 cm³/mol. The van der Waals surface area contributed by atoms with Gasteiger partial charge in [-0.2, -0.15) is 15.0 Å². The number of hydrogen-bond acceptors (Lipinski definition) is 4. The summed E-state index contributed by atoms with van der Waals surface area (Å²) in [6.07, 6.45) is 15.8. The number of hydrogen-bond donors (Lipinski definition) is 0. The van der Waals surface area contributed by atoms with Gasteiger partial charge in [0.15, 0.2) is 0 Å². The molecule has 1 aromatic heterocycles. The van der Waals surface area contributed by atoms with Gasteiger partial charge in [-0.1, -0.05) is 69.2 Å². The Morgan fingerprint density at radius 3 is 2.52 bits per heavy atom. The van der Waals surface area contributed by atoms with Crippen molar-refractivity contribution in [3.63, 3.8) is 0 Å². The second-order valence-corrected chi connectivity index (χ2v) is 8.14. The minimum absolute atomic E-state index is 0.122. The maximum atomic E-state index is 11.6. The Morgan fingerprint density at radius 2 is 1.97 bits per heavy atom. The van der Waals surface area contributed by atoms with E-state index in [-0.39, 0.29) is 12.1 Å². The van der Waals surface area contributed by atoms with Crippen molar-refractivity contribution in [2.45, 2.75) is 79.8 Å². The van der Waals surface area contributed by atoms with Gasteiger partial charge in [0.05, 0.1) is 17.6 Å². The van der Waals surface area contributed by atoms with Gasteiger partial charge in [0.25, 0.3) is 0 Å². The standard InChI is InChI=1S/C15H21ClO2.C12H17N3/c1-4-6-14(18-15(17)7-5-2)12-8-9-13(16)11(3)10-12;1-4-6-7-9-12(8-5-2)15-13-10-11(3)14-15/h8-10,14H,4-7H2,1-3H3;5-10H,4H2,1-3H3/b;7-6+,8-5-,12-9+. The van der Waals surface area contributed by atoms with Crippen LogP contribution in [0.25, 0.3) is 5.70 Å². The van der Waals surface area contributed by atoms with Gasteiger partial charge in [-0.15, -0.1) is 0 Å². The fraction of sp³-hybridized carbons (Fsp3) is 0.444. The van der Waals surface area contributed by atoms with Gasteiger partial charge in [-0.3, -0.25) is 4.79 Å². The number of aryl methyl sites for hydroxylation is 2. The molecule has 6 heteroatoms. The molecule has 0 radical (unpaired) electrons. The average Bonchev–Trinajstić information content (AvgIpc) is 3.22. The molecule has 1 heterocycles. The minimum Gasteiger partial charge on any atom is -0.457 e. The smallest absolute Gasteiger partial charge is 0.306 e. The summed E-state index contributed by atoms with van der Waals surface area (Å²) in [7, 11) is 0. The van der Waals surface area contributed by atoms with E-state index in [2.05, 4.69) is 30.1 Å². The lowest BCUT2D eigenvalue weighted by molar-refractivity contribution is -0.149. The molecule has 0 N–H and O–H groups in total. The molecule has 1 aromatic carbocycles. The van der Waals surface area contributed by atoms with Crippen LogP contribution in [-0.4, -0.2) is 21.0 Å². The van der Waals surface area contributed by atoms with Crippen molar-refractivity contribution >= 4 is 23.3 Å². The lowest BCUT2D eigenvalue weighted by Crippen LogP contribution is -2.11. The van der Waals surface area contributed by atoms with Crippen molar-refractivity contribution in [3.8, 4) is 0 Å². The van der Waals surface area contributed by atoms with Crippen LogP contribution in [0.2, 0.25) is 5.02 Å². The quantitative estimate of drug-likeness (QED) is 0.262. The molecule has 0 aliphatic carbocycles. The van der Waals surface area contributed by atoms with E-state index in [0.717, 1.165) is 53.2 Å². The van der Waals surface area contributed by atoms with Gasteiger partial charge in [0.2, 0.25) is 0 Å². The van der Waals surface area contributed by atoms with Crippen LogP contribution in [0.5, 0.6) is 0 Å². The molecule has 1 unspecified atom stereocenters. The van der Waals surface area contributed by atoms with Crippen LogP contribution in [0.1, 0.15) is 82.7 Å². The maximum absolute atomic E-state index is 11.6. The van der Waals surface area contributed by atoms with E-state index in [4.69, 9.17) is 16.3 Å². The zero-order valence-electron chi connectivity index (χ0n) is 20.8. The summed E-state index contributed by atoms with van der Waals surface area (Å²) in [5.41, 5.74) is 3.94. The molecular weight excluding hydrogens is 434 g/mol. The highest BCUT2D eigenvalue weighted by Crippen LogP contribution is 2.27. The van der Waals surface area contributed by atoms with Crippen LogP contribution >= 0.6 is 11.6 Å². The van der Waals surface area contributed by atoms with Crippen molar-refractivity contribution in [2.24, 2.45) is 0 Å². The molecule has 0 aliphatic heterocycles. The molecular formula is C27H38ClN3O2. The van der Waals surface area contributed by atoms with Crippen LogP contribution in [-0.2, 0) is 9.53 Å². The SMILES string of the molecule is CCCC(=O)OC(CCC)c1ccc(Cl)c(C)c1.C\C=C/C(=C\C=C\CC)n1ncc(C)n1. The first-order valence-corrected chi connectivity index (χ1v) is 12.1. The normalized spacial score (nSPS) is 12.6. The zero-order chi connectivity index (χ0) is 24.6. The Kier molecular flexibility index (Phi) is 13.8. The topological polar surface area (TPSA) is 57.0 Å². The summed E-state index contributed by atoms with van der Waals surface area (Å²) in [5.74, 6) is -0.122. The van der Waals surface area contributed by atoms with E-state index >= 15 is 0 Å². The largest absolute Gasteiger partial charge is 0.457 e. The molecule has 0 saturated carbocycles. The number of nitrogens with zero attached hydrogens (tertiary/aromatic N) is 3. The number of halogens is 1. The molecule has 2 aromatic rings. The van der Waals surface area contributed by atoms with Crippen LogP contribution in [0, 0.1) is 13.8 Å². The van der Waals surface area contributed by atoms with Gasteiger partial charge in [0, 0.05) is 11.4 Å². The Morgan fingerprint density at radius 1 is 1.21 bits per heavy atom. The Labute approximate surface area is 204 Å². The number of aromatic nitrogens is 3. The Balaban J connectivity index is 0.000000335. The van der Waals surface area contributed by atoms with Gasteiger partial charge in [-0.25, -0.2) is 0 Å². The van der Waals surface area contributed by atoms with Gasteiger partial charge in [0.1, 0.15) is 6.10 Å². The van der Waals surface area contributed by atoms with Gasteiger partial charge < -0.3 is 4.74 Å². The summed E-state index contributed by atoms with van der Waals surface area (Å²) in [6.45, 7) is 12.0. The predicted octanol–water partition coefficient (Wildman–Crippen LogP) is 7.80. The number of rotatable bonds is 10. The third kappa shape index (κ3) is 10.7. The third-order valence-electron chi connectivity index (χ3n) is 4.65. The highest BCUT2D eigenvalue weighted by molar-refractivity contribution is 6.31. The second kappa shape index (κ2) is 16.0. The molecule has 1 atom stereocenters. The molecule has 2 rings (SSSR count). The van der Waals surface area contributed by atoms with Crippen LogP contribution in [0.4, 0.5) is 0 Å². The van der Waals surface area contributed by atoms with Crippen molar-refractivity contribution in [2.75, 3.05) is 0 Å². The van der Waals surface area contributed by atoms with Crippen molar-refractivity contribution in [1.29, 1.82) is 0 Å². The number of ether oxygens (including phenoxy) is 1. The van der Waals surface area contributed by atoms with E-state index in [1.54, 1.807) is 11.0 Å². The second-order valence-electron chi connectivity index (χ2n) is 7.73. The van der Waals surface area contributed by atoms with Gasteiger partial charge in [-0.05, 0) is 69.4 Å². The fourth-order valence-corrected chi connectivity index (χ4v) is 3.09. The molecule has 33 heavy (non-hydrogen) atoms. The highest BCUT2D eigenvalue weighted by atomic mass is 35.5. The zero-order valence-corrected chi connectivity index (χ0v) is 21.6. The average molecular weight is 472 g/mol. The number of esters is 1. The Hall–Kier alpha value is -2.66. The van der Waals surface area contributed by atoms with Gasteiger partial charge >= 0.3 is 5.97 Å². The minimum atomic E-state index is -0.148. The molecule has 0 aliphatic rings. The molecule has 0 bridgehead atoms. The molecule has 180 valence electrons. The molecule has 5 nitrogen and oxygen atoms in total. The first-order chi connectivity index (χ1) is 15.9. The molecule has 0 saturated heterocycles.